The molecule has 0 atom stereocenters. The molecule has 0 saturated heterocycles. The fourth-order valence-electron chi connectivity index (χ4n) is 3.39. The van der Waals surface area contributed by atoms with E-state index in [9.17, 15) is 18.0 Å². The number of fused-ring (bicyclic) bond motifs is 2. The van der Waals surface area contributed by atoms with Crippen LogP contribution in [0.15, 0.2) is 48.5 Å². The van der Waals surface area contributed by atoms with Crippen molar-refractivity contribution in [3.05, 3.63) is 65.2 Å². The highest BCUT2D eigenvalue weighted by molar-refractivity contribution is 6.08. The molecule has 0 aliphatic carbocycles. The third-order valence-corrected chi connectivity index (χ3v) is 4.72. The van der Waals surface area contributed by atoms with Gasteiger partial charge >= 0.3 is 12.1 Å². The molecule has 0 spiro atoms. The van der Waals surface area contributed by atoms with Gasteiger partial charge in [0, 0.05) is 0 Å². The summed E-state index contributed by atoms with van der Waals surface area (Å²) in [6.45, 7) is 1.53. The topological polar surface area (TPSA) is 83.0 Å². The summed E-state index contributed by atoms with van der Waals surface area (Å²) in [6, 6.07) is 12.2. The van der Waals surface area contributed by atoms with Crippen molar-refractivity contribution in [2.24, 2.45) is 0 Å². The fourth-order valence-corrected chi connectivity index (χ4v) is 3.39. The van der Waals surface area contributed by atoms with Crippen molar-refractivity contribution in [3.63, 3.8) is 0 Å². The Hall–Kier alpha value is -3.62. The van der Waals surface area contributed by atoms with E-state index in [0.717, 1.165) is 6.07 Å². The maximum Gasteiger partial charge on any atom is 0.416 e. The average Bonchev–Trinajstić information content (AvgIpc) is 2.97. The zero-order valence-corrected chi connectivity index (χ0v) is 15.9. The molecule has 0 aliphatic heterocycles. The first-order chi connectivity index (χ1) is 14.3. The number of anilines is 1. The molecule has 0 saturated carbocycles. The van der Waals surface area contributed by atoms with E-state index < -0.39 is 17.7 Å². The molecule has 2 aromatic carbocycles. The highest BCUT2D eigenvalue weighted by atomic mass is 19.4. The van der Waals surface area contributed by atoms with Crippen LogP contribution in [0.2, 0.25) is 0 Å². The van der Waals surface area contributed by atoms with Crippen molar-refractivity contribution in [1.29, 1.82) is 0 Å². The van der Waals surface area contributed by atoms with Gasteiger partial charge in [-0.05, 0) is 30.7 Å². The van der Waals surface area contributed by atoms with Crippen molar-refractivity contribution in [1.82, 2.24) is 14.5 Å². The van der Waals surface area contributed by atoms with Crippen LogP contribution < -0.4 is 5.73 Å². The number of hydrogen-bond donors (Lipinski definition) is 1. The first kappa shape index (κ1) is 19.7. The zero-order valence-electron chi connectivity index (χ0n) is 15.9. The van der Waals surface area contributed by atoms with Gasteiger partial charge in [0.15, 0.2) is 5.65 Å². The minimum absolute atomic E-state index is 0.000956. The van der Waals surface area contributed by atoms with Crippen LogP contribution in [0, 0.1) is 0 Å². The molecule has 0 fully saturated rings. The van der Waals surface area contributed by atoms with Gasteiger partial charge in [-0.3, -0.25) is 0 Å². The number of alkyl halides is 3. The normalized spacial score (nSPS) is 11.9. The molecule has 30 heavy (non-hydrogen) atoms. The Labute approximate surface area is 169 Å². The minimum Gasteiger partial charge on any atom is -0.462 e. The van der Waals surface area contributed by atoms with E-state index in [0.29, 0.717) is 11.0 Å². The number of halogens is 3. The Balaban J connectivity index is 1.97. The van der Waals surface area contributed by atoms with Crippen molar-refractivity contribution >= 4 is 34.0 Å². The lowest BCUT2D eigenvalue weighted by Gasteiger charge is -2.14. The highest BCUT2D eigenvalue weighted by Crippen LogP contribution is 2.34. The van der Waals surface area contributed by atoms with E-state index in [1.54, 1.807) is 31.2 Å². The molecule has 0 unspecified atom stereocenters. The SMILES string of the molecule is CCOC(=O)c1c(N)n(Cc2ccccc2C(F)(F)F)c2nc3ccccc3nc12. The average molecular weight is 414 g/mol. The summed E-state index contributed by atoms with van der Waals surface area (Å²) < 4.78 is 46.9. The Bertz CT molecular complexity index is 1260. The predicted molar refractivity (Wildman–Crippen MR) is 106 cm³/mol. The van der Waals surface area contributed by atoms with E-state index in [4.69, 9.17) is 10.5 Å². The largest absolute Gasteiger partial charge is 0.462 e. The number of benzene rings is 2. The van der Waals surface area contributed by atoms with Gasteiger partial charge in [0.1, 0.15) is 16.9 Å². The molecule has 2 aromatic heterocycles. The van der Waals surface area contributed by atoms with E-state index in [1.165, 1.54) is 22.8 Å². The molecule has 9 heteroatoms. The summed E-state index contributed by atoms with van der Waals surface area (Å²) >= 11 is 0. The van der Waals surface area contributed by atoms with Crippen LogP contribution in [0.1, 0.15) is 28.4 Å². The van der Waals surface area contributed by atoms with Gasteiger partial charge in [0.25, 0.3) is 0 Å². The van der Waals surface area contributed by atoms with E-state index in [-0.39, 0.29) is 41.3 Å². The highest BCUT2D eigenvalue weighted by Gasteiger charge is 2.33. The van der Waals surface area contributed by atoms with Crippen LogP contribution >= 0.6 is 0 Å². The van der Waals surface area contributed by atoms with Crippen LogP contribution in [0.3, 0.4) is 0 Å². The fraction of sp³-hybridized carbons (Fsp3) is 0.190. The third kappa shape index (κ3) is 3.32. The molecular formula is C21H17F3N4O2. The van der Waals surface area contributed by atoms with E-state index >= 15 is 0 Å². The Morgan fingerprint density at radius 1 is 1.07 bits per heavy atom. The van der Waals surface area contributed by atoms with Crippen molar-refractivity contribution in [3.8, 4) is 0 Å². The maximum atomic E-state index is 13.5. The third-order valence-electron chi connectivity index (χ3n) is 4.72. The molecule has 2 N–H and O–H groups in total. The van der Waals surface area contributed by atoms with Crippen LogP contribution in [0.25, 0.3) is 22.2 Å². The summed E-state index contributed by atoms with van der Waals surface area (Å²) in [6.07, 6.45) is -4.53. The van der Waals surface area contributed by atoms with Crippen molar-refractivity contribution in [2.75, 3.05) is 12.3 Å². The predicted octanol–water partition coefficient (Wildman–Crippen LogP) is 4.41. The van der Waals surface area contributed by atoms with Crippen LogP contribution in [0.5, 0.6) is 0 Å². The van der Waals surface area contributed by atoms with Crippen molar-refractivity contribution < 1.29 is 22.7 Å². The van der Waals surface area contributed by atoms with E-state index in [2.05, 4.69) is 9.97 Å². The number of ether oxygens (including phenoxy) is 1. The molecule has 0 bridgehead atoms. The second-order valence-electron chi connectivity index (χ2n) is 6.61. The number of carbonyl (C=O) groups is 1. The number of aromatic nitrogens is 3. The molecule has 0 radical (unpaired) electrons. The molecule has 2 heterocycles. The Morgan fingerprint density at radius 2 is 1.70 bits per heavy atom. The number of nitrogens with zero attached hydrogens (tertiary/aromatic N) is 3. The lowest BCUT2D eigenvalue weighted by molar-refractivity contribution is -0.138. The summed E-state index contributed by atoms with van der Waals surface area (Å²) in [7, 11) is 0. The molecule has 154 valence electrons. The molecule has 4 aromatic rings. The standard InChI is InChI=1S/C21H17F3N4O2/c1-2-30-20(29)16-17-19(27-15-10-6-5-9-14(15)26-17)28(18(16)25)11-12-7-3-4-8-13(12)21(22,23)24/h3-10H,2,11,25H2,1H3. The molecular weight excluding hydrogens is 397 g/mol. The molecule has 4 rings (SSSR count). The molecule has 0 amide bonds. The smallest absolute Gasteiger partial charge is 0.416 e. The molecule has 0 aliphatic rings. The summed E-state index contributed by atoms with van der Waals surface area (Å²) in [5, 5.41) is 0. The van der Waals surface area contributed by atoms with Crippen LogP contribution in [-0.2, 0) is 17.5 Å². The first-order valence-electron chi connectivity index (χ1n) is 9.18. The second-order valence-corrected chi connectivity index (χ2v) is 6.61. The van der Waals surface area contributed by atoms with Gasteiger partial charge in [-0.15, -0.1) is 0 Å². The number of rotatable bonds is 4. The Morgan fingerprint density at radius 3 is 2.37 bits per heavy atom. The number of hydrogen-bond acceptors (Lipinski definition) is 5. The lowest BCUT2D eigenvalue weighted by atomic mass is 10.1. The monoisotopic (exact) mass is 414 g/mol. The summed E-state index contributed by atoms with van der Waals surface area (Å²) in [5.41, 5.74) is 6.90. The molecule has 6 nitrogen and oxygen atoms in total. The first-order valence-corrected chi connectivity index (χ1v) is 9.18. The second kappa shape index (κ2) is 7.33. The Kier molecular flexibility index (Phi) is 4.81. The number of carbonyl (C=O) groups excluding carboxylic acids is 1. The summed E-state index contributed by atoms with van der Waals surface area (Å²) in [5.74, 6) is -0.747. The minimum atomic E-state index is -4.53. The number of nitrogens with two attached hydrogens (primary N) is 1. The number of para-hydroxylation sites is 2. The van der Waals surface area contributed by atoms with Gasteiger partial charge in [-0.2, -0.15) is 13.2 Å². The van der Waals surface area contributed by atoms with Crippen molar-refractivity contribution in [2.45, 2.75) is 19.6 Å². The van der Waals surface area contributed by atoms with Gasteiger partial charge < -0.3 is 15.0 Å². The zero-order chi connectivity index (χ0) is 21.5. The van der Waals surface area contributed by atoms with Gasteiger partial charge in [0.2, 0.25) is 0 Å². The number of esters is 1. The van der Waals surface area contributed by atoms with Crippen LogP contribution in [0.4, 0.5) is 19.0 Å². The van der Waals surface area contributed by atoms with Gasteiger partial charge in [-0.25, -0.2) is 14.8 Å². The lowest BCUT2D eigenvalue weighted by Crippen LogP contribution is -2.14. The van der Waals surface area contributed by atoms with Crippen LogP contribution in [-0.4, -0.2) is 27.1 Å². The van der Waals surface area contributed by atoms with E-state index in [1.807, 2.05) is 0 Å². The quantitative estimate of drug-likeness (QED) is 0.500. The number of nitrogen functional groups attached to an aromatic ring is 1. The summed E-state index contributed by atoms with van der Waals surface area (Å²) in [4.78, 5) is 21.6. The maximum absolute atomic E-state index is 13.5. The van der Waals surface area contributed by atoms with Gasteiger partial charge in [-0.1, -0.05) is 30.3 Å². The van der Waals surface area contributed by atoms with Gasteiger partial charge in [0.05, 0.1) is 29.7 Å².